The first-order chi connectivity index (χ1) is 17.4. The van der Waals surface area contributed by atoms with Crippen molar-refractivity contribution in [1.82, 2.24) is 5.01 Å². The number of carbonyl (C=O) groups excluding carboxylic acids is 3. The standard InChI is InChI=1S/C27H20N4O5/c1-15-13-18(31(35)36)11-12-20(15)29-26(33)21-22(27(29)34)24(25(32)16-7-3-2-4-8-16)30-23(21)19-10-6-5-9-17(19)14-28-30/h2-14,21-24H,1H3/t21-,22+,23+,24-/m0/s1. The number of aryl methyl sites for hydroxylation is 1. The highest BCUT2D eigenvalue weighted by atomic mass is 16.6. The Morgan fingerprint density at radius 3 is 2.36 bits per heavy atom. The van der Waals surface area contributed by atoms with Gasteiger partial charge in [-0.2, -0.15) is 5.10 Å². The number of carbonyl (C=O) groups is 3. The summed E-state index contributed by atoms with van der Waals surface area (Å²) in [6.07, 6.45) is 1.66. The number of hydrogen-bond acceptors (Lipinski definition) is 7. The van der Waals surface area contributed by atoms with Crippen LogP contribution >= 0.6 is 0 Å². The SMILES string of the molecule is Cc1cc([N+](=O)[O-])ccc1N1C(=O)[C@@H]2[C@H](C1=O)[C@H]1c3ccccc3C=NN1[C@@H]2C(=O)c1ccccc1. The van der Waals surface area contributed by atoms with Gasteiger partial charge in [0, 0.05) is 17.7 Å². The van der Waals surface area contributed by atoms with Crippen LogP contribution in [0.1, 0.15) is 33.1 Å². The fraction of sp³-hybridized carbons (Fsp3) is 0.185. The maximum Gasteiger partial charge on any atom is 0.269 e. The van der Waals surface area contributed by atoms with Gasteiger partial charge in [-0.25, -0.2) is 4.90 Å². The third-order valence-corrected chi connectivity index (χ3v) is 7.25. The van der Waals surface area contributed by atoms with Crippen molar-refractivity contribution in [2.45, 2.75) is 19.0 Å². The molecule has 0 unspecified atom stereocenters. The average molecular weight is 480 g/mol. The van der Waals surface area contributed by atoms with Crippen LogP contribution in [0.25, 0.3) is 0 Å². The lowest BCUT2D eigenvalue weighted by Crippen LogP contribution is -2.44. The molecule has 3 aromatic carbocycles. The Kier molecular flexibility index (Phi) is 4.82. The van der Waals surface area contributed by atoms with Crippen molar-refractivity contribution in [3.05, 3.63) is 105 Å². The molecule has 0 saturated carbocycles. The van der Waals surface area contributed by atoms with E-state index in [-0.39, 0.29) is 17.2 Å². The molecule has 0 bridgehead atoms. The van der Waals surface area contributed by atoms with Crippen molar-refractivity contribution < 1.29 is 19.3 Å². The van der Waals surface area contributed by atoms with E-state index >= 15 is 0 Å². The van der Waals surface area contributed by atoms with Crippen LogP contribution in [-0.2, 0) is 9.59 Å². The highest BCUT2D eigenvalue weighted by Crippen LogP contribution is 2.53. The van der Waals surface area contributed by atoms with E-state index in [9.17, 15) is 24.5 Å². The fourth-order valence-electron chi connectivity index (χ4n) is 5.68. The summed E-state index contributed by atoms with van der Waals surface area (Å²) in [6, 6.07) is 18.7. The average Bonchev–Trinajstić information content (AvgIpc) is 3.36. The molecule has 2 amide bonds. The van der Waals surface area contributed by atoms with E-state index in [1.165, 1.54) is 18.2 Å². The van der Waals surface area contributed by atoms with Gasteiger partial charge in [0.2, 0.25) is 11.8 Å². The van der Waals surface area contributed by atoms with Gasteiger partial charge in [0.05, 0.1) is 34.7 Å². The summed E-state index contributed by atoms with van der Waals surface area (Å²) in [5.41, 5.74) is 2.67. The summed E-state index contributed by atoms with van der Waals surface area (Å²) in [5, 5.41) is 17.4. The molecule has 0 aromatic heterocycles. The Bertz CT molecular complexity index is 1480. The molecule has 3 aromatic rings. The number of fused-ring (bicyclic) bond motifs is 5. The van der Waals surface area contributed by atoms with Crippen molar-refractivity contribution in [1.29, 1.82) is 0 Å². The van der Waals surface area contributed by atoms with Gasteiger partial charge >= 0.3 is 0 Å². The lowest BCUT2D eigenvalue weighted by molar-refractivity contribution is -0.384. The lowest BCUT2D eigenvalue weighted by atomic mass is 9.83. The predicted octanol–water partition coefficient (Wildman–Crippen LogP) is 3.66. The van der Waals surface area contributed by atoms with Crippen molar-refractivity contribution in [3.63, 3.8) is 0 Å². The molecule has 4 atom stereocenters. The summed E-state index contributed by atoms with van der Waals surface area (Å²) < 4.78 is 0. The number of hydrogen-bond donors (Lipinski definition) is 0. The molecule has 178 valence electrons. The summed E-state index contributed by atoms with van der Waals surface area (Å²) >= 11 is 0. The molecule has 3 aliphatic heterocycles. The smallest absolute Gasteiger partial charge is 0.269 e. The molecule has 36 heavy (non-hydrogen) atoms. The third-order valence-electron chi connectivity index (χ3n) is 7.25. The van der Waals surface area contributed by atoms with Crippen molar-refractivity contribution in [2.75, 3.05) is 4.90 Å². The van der Waals surface area contributed by atoms with Gasteiger partial charge in [-0.15, -0.1) is 0 Å². The Morgan fingerprint density at radius 2 is 1.64 bits per heavy atom. The summed E-state index contributed by atoms with van der Waals surface area (Å²) in [4.78, 5) is 53.4. The Labute approximate surface area is 205 Å². The van der Waals surface area contributed by atoms with Crippen molar-refractivity contribution in [2.24, 2.45) is 16.9 Å². The largest absolute Gasteiger partial charge is 0.292 e. The van der Waals surface area contributed by atoms with Crippen LogP contribution in [0.2, 0.25) is 0 Å². The van der Waals surface area contributed by atoms with Crippen LogP contribution in [0.3, 0.4) is 0 Å². The highest BCUT2D eigenvalue weighted by Gasteiger charge is 2.65. The fourth-order valence-corrected chi connectivity index (χ4v) is 5.68. The zero-order valence-corrected chi connectivity index (χ0v) is 19.1. The molecule has 0 aliphatic carbocycles. The molecule has 2 saturated heterocycles. The maximum absolute atomic E-state index is 13.9. The number of hydrazone groups is 1. The number of non-ortho nitro benzene ring substituents is 1. The second-order valence-electron chi connectivity index (χ2n) is 9.16. The minimum Gasteiger partial charge on any atom is -0.292 e. The molecule has 6 rings (SSSR count). The molecule has 0 spiro atoms. The minimum atomic E-state index is -0.966. The number of anilines is 1. The maximum atomic E-state index is 13.9. The molecule has 3 heterocycles. The van der Waals surface area contributed by atoms with Crippen molar-refractivity contribution in [3.8, 4) is 0 Å². The van der Waals surface area contributed by atoms with Gasteiger partial charge < -0.3 is 0 Å². The molecule has 0 radical (unpaired) electrons. The molecular formula is C27H20N4O5. The van der Waals surface area contributed by atoms with Gasteiger partial charge in [-0.3, -0.25) is 29.5 Å². The van der Waals surface area contributed by atoms with Crippen molar-refractivity contribution >= 4 is 35.2 Å². The second kappa shape index (κ2) is 7.94. The minimum absolute atomic E-state index is 0.130. The van der Waals surface area contributed by atoms with Crippen LogP contribution < -0.4 is 4.90 Å². The van der Waals surface area contributed by atoms with E-state index in [1.54, 1.807) is 48.5 Å². The summed E-state index contributed by atoms with van der Waals surface area (Å²) in [7, 11) is 0. The first-order valence-electron chi connectivity index (χ1n) is 11.5. The highest BCUT2D eigenvalue weighted by molar-refractivity contribution is 6.25. The van der Waals surface area contributed by atoms with Crippen LogP contribution in [0.5, 0.6) is 0 Å². The number of nitrogens with zero attached hydrogens (tertiary/aromatic N) is 4. The van der Waals surface area contributed by atoms with Gasteiger partial charge in [-0.05, 0) is 29.7 Å². The molecule has 2 fully saturated rings. The Balaban J connectivity index is 1.49. The van der Waals surface area contributed by atoms with Crippen LogP contribution in [-0.4, -0.2) is 39.8 Å². The van der Waals surface area contributed by atoms with Gasteiger partial charge in [0.25, 0.3) is 5.69 Å². The molecule has 9 nitrogen and oxygen atoms in total. The third kappa shape index (κ3) is 3.02. The number of nitro benzene ring substituents is 1. The number of amides is 2. The van der Waals surface area contributed by atoms with E-state index in [2.05, 4.69) is 5.10 Å². The van der Waals surface area contributed by atoms with Gasteiger partial charge in [0.15, 0.2) is 5.78 Å². The number of nitro groups is 1. The summed E-state index contributed by atoms with van der Waals surface area (Å²) in [5.74, 6) is -3.00. The first-order valence-corrected chi connectivity index (χ1v) is 11.5. The zero-order chi connectivity index (χ0) is 25.1. The van der Waals surface area contributed by atoms with E-state index in [0.29, 0.717) is 11.1 Å². The monoisotopic (exact) mass is 480 g/mol. The van der Waals surface area contributed by atoms with E-state index in [4.69, 9.17) is 0 Å². The number of imide groups is 1. The first kappa shape index (κ1) is 21.8. The zero-order valence-electron chi connectivity index (χ0n) is 19.1. The van der Waals surface area contributed by atoms with E-state index in [1.807, 2.05) is 24.3 Å². The number of rotatable bonds is 4. The number of ketones is 1. The summed E-state index contributed by atoms with van der Waals surface area (Å²) in [6.45, 7) is 1.62. The molecule has 9 heteroatoms. The number of benzene rings is 3. The molecule has 3 aliphatic rings. The van der Waals surface area contributed by atoms with Crippen LogP contribution in [0.4, 0.5) is 11.4 Å². The Hall–Kier alpha value is -4.66. The predicted molar refractivity (Wildman–Crippen MR) is 130 cm³/mol. The van der Waals surface area contributed by atoms with Crippen LogP contribution in [0.15, 0.2) is 77.9 Å². The Morgan fingerprint density at radius 1 is 0.944 bits per heavy atom. The molecular weight excluding hydrogens is 460 g/mol. The molecule has 0 N–H and O–H groups in total. The topological polar surface area (TPSA) is 113 Å². The normalized spacial score (nSPS) is 23.9. The van der Waals surface area contributed by atoms with Gasteiger partial charge in [-0.1, -0.05) is 54.6 Å². The second-order valence-corrected chi connectivity index (χ2v) is 9.16. The van der Waals surface area contributed by atoms with Crippen LogP contribution in [0, 0.1) is 28.9 Å². The quantitative estimate of drug-likeness (QED) is 0.244. The van der Waals surface area contributed by atoms with E-state index in [0.717, 1.165) is 16.0 Å². The number of Topliss-reactive ketones (excluding diaryl/α,β-unsaturated/α-hetero) is 1. The van der Waals surface area contributed by atoms with E-state index < -0.39 is 40.7 Å². The lowest BCUT2D eigenvalue weighted by Gasteiger charge is -2.34. The van der Waals surface area contributed by atoms with Gasteiger partial charge in [0.1, 0.15) is 6.04 Å².